The molecule has 1 saturated heterocycles. The largest absolute Gasteiger partial charge is 0.373 e. The maximum atomic E-state index is 6.33. The van der Waals surface area contributed by atoms with Crippen LogP contribution in [0.3, 0.4) is 0 Å². The topological polar surface area (TPSA) is 38.5 Å². The highest BCUT2D eigenvalue weighted by molar-refractivity contribution is 5.25. The Hall–Kier alpha value is -0.900. The van der Waals surface area contributed by atoms with E-state index in [1.165, 1.54) is 11.1 Å². The molecule has 1 aromatic carbocycles. The molecule has 1 aliphatic rings. The molecule has 1 aliphatic heterocycles. The average Bonchev–Trinajstić information content (AvgIpc) is 2.37. The van der Waals surface area contributed by atoms with Crippen molar-refractivity contribution in [2.75, 3.05) is 19.6 Å². The summed E-state index contributed by atoms with van der Waals surface area (Å²) in [4.78, 5) is 2.41. The summed E-state index contributed by atoms with van der Waals surface area (Å²) in [6.07, 6.45) is 1.69. The van der Waals surface area contributed by atoms with Gasteiger partial charge in [0.1, 0.15) is 0 Å². The van der Waals surface area contributed by atoms with Crippen LogP contribution in [-0.2, 0) is 11.2 Å². The maximum Gasteiger partial charge on any atom is 0.0678 e. The van der Waals surface area contributed by atoms with E-state index in [1.807, 2.05) is 0 Å². The van der Waals surface area contributed by atoms with Crippen molar-refractivity contribution in [2.24, 2.45) is 5.73 Å². The van der Waals surface area contributed by atoms with Crippen molar-refractivity contribution in [1.29, 1.82) is 0 Å². The average molecular weight is 262 g/mol. The Labute approximate surface area is 116 Å². The van der Waals surface area contributed by atoms with E-state index in [9.17, 15) is 0 Å². The van der Waals surface area contributed by atoms with Gasteiger partial charge in [0.15, 0.2) is 0 Å². The fourth-order valence-corrected chi connectivity index (χ4v) is 2.82. The summed E-state index contributed by atoms with van der Waals surface area (Å²) in [5, 5.41) is 0. The van der Waals surface area contributed by atoms with Gasteiger partial charge in [0.05, 0.1) is 12.2 Å². The van der Waals surface area contributed by atoms with Crippen molar-refractivity contribution in [3.05, 3.63) is 35.4 Å². The van der Waals surface area contributed by atoms with Crippen molar-refractivity contribution in [3.8, 4) is 0 Å². The number of benzene rings is 1. The SMILES string of the molecule is CCc1ccc(C(N)CN2C[C@@H](C)O[C@@H](C)C2)cc1. The van der Waals surface area contributed by atoms with Gasteiger partial charge in [-0.15, -0.1) is 0 Å². The molecule has 0 spiro atoms. The minimum Gasteiger partial charge on any atom is -0.373 e. The number of hydrogen-bond donors (Lipinski definition) is 1. The molecular formula is C16H26N2O. The van der Waals surface area contributed by atoms with Crippen molar-refractivity contribution < 1.29 is 4.74 Å². The van der Waals surface area contributed by atoms with Crippen molar-refractivity contribution in [1.82, 2.24) is 4.90 Å². The van der Waals surface area contributed by atoms with Crippen molar-refractivity contribution >= 4 is 0 Å². The first-order chi connectivity index (χ1) is 9.08. The molecule has 2 N–H and O–H groups in total. The quantitative estimate of drug-likeness (QED) is 0.905. The fraction of sp³-hybridized carbons (Fsp3) is 0.625. The molecule has 1 heterocycles. The van der Waals surface area contributed by atoms with E-state index in [0.29, 0.717) is 12.2 Å². The Morgan fingerprint density at radius 2 is 1.79 bits per heavy atom. The van der Waals surface area contributed by atoms with E-state index in [4.69, 9.17) is 10.5 Å². The molecule has 0 bridgehead atoms. The summed E-state index contributed by atoms with van der Waals surface area (Å²) in [5.74, 6) is 0. The van der Waals surface area contributed by atoms with Crippen LogP contribution in [0.2, 0.25) is 0 Å². The molecule has 106 valence electrons. The van der Waals surface area contributed by atoms with E-state index in [0.717, 1.165) is 26.1 Å². The highest BCUT2D eigenvalue weighted by Gasteiger charge is 2.23. The Morgan fingerprint density at radius 1 is 1.21 bits per heavy atom. The number of morpholine rings is 1. The van der Waals surface area contributed by atoms with Gasteiger partial charge in [0.2, 0.25) is 0 Å². The first kappa shape index (κ1) is 14.5. The molecule has 1 aromatic rings. The number of rotatable bonds is 4. The van der Waals surface area contributed by atoms with Crippen LogP contribution >= 0.6 is 0 Å². The van der Waals surface area contributed by atoms with Crippen LogP contribution < -0.4 is 5.73 Å². The third kappa shape index (κ3) is 4.03. The smallest absolute Gasteiger partial charge is 0.0678 e. The van der Waals surface area contributed by atoms with E-state index >= 15 is 0 Å². The van der Waals surface area contributed by atoms with Gasteiger partial charge < -0.3 is 10.5 Å². The summed E-state index contributed by atoms with van der Waals surface area (Å²) in [6.45, 7) is 9.29. The van der Waals surface area contributed by atoms with Gasteiger partial charge in [-0.05, 0) is 31.4 Å². The van der Waals surface area contributed by atoms with Gasteiger partial charge in [0, 0.05) is 25.7 Å². The molecule has 0 amide bonds. The zero-order valence-electron chi connectivity index (χ0n) is 12.3. The molecule has 1 unspecified atom stereocenters. The zero-order valence-corrected chi connectivity index (χ0v) is 12.3. The van der Waals surface area contributed by atoms with E-state index in [2.05, 4.69) is 49.9 Å². The number of nitrogens with zero attached hydrogens (tertiary/aromatic N) is 1. The van der Waals surface area contributed by atoms with E-state index < -0.39 is 0 Å². The lowest BCUT2D eigenvalue weighted by Gasteiger charge is -2.36. The maximum absolute atomic E-state index is 6.33. The second-order valence-corrected chi connectivity index (χ2v) is 5.68. The first-order valence-corrected chi connectivity index (χ1v) is 7.30. The third-order valence-electron chi connectivity index (χ3n) is 3.77. The van der Waals surface area contributed by atoms with Crippen molar-refractivity contribution in [2.45, 2.75) is 45.4 Å². The summed E-state index contributed by atoms with van der Waals surface area (Å²) >= 11 is 0. The molecule has 0 aromatic heterocycles. The van der Waals surface area contributed by atoms with Crippen LogP contribution in [0.4, 0.5) is 0 Å². The zero-order chi connectivity index (χ0) is 13.8. The van der Waals surface area contributed by atoms with Crippen LogP contribution in [0, 0.1) is 0 Å². The lowest BCUT2D eigenvalue weighted by molar-refractivity contribution is -0.0691. The van der Waals surface area contributed by atoms with E-state index in [-0.39, 0.29) is 6.04 Å². The van der Waals surface area contributed by atoms with Crippen LogP contribution in [0.1, 0.15) is 37.9 Å². The molecule has 0 aliphatic carbocycles. The lowest BCUT2D eigenvalue weighted by atomic mass is 10.0. The second kappa shape index (κ2) is 6.51. The Bertz CT molecular complexity index is 380. The van der Waals surface area contributed by atoms with Crippen LogP contribution in [-0.4, -0.2) is 36.7 Å². The van der Waals surface area contributed by atoms with E-state index in [1.54, 1.807) is 0 Å². The third-order valence-corrected chi connectivity index (χ3v) is 3.77. The summed E-state index contributed by atoms with van der Waals surface area (Å²) in [7, 11) is 0. The summed E-state index contributed by atoms with van der Waals surface area (Å²) < 4.78 is 5.75. The molecule has 3 heteroatoms. The van der Waals surface area contributed by atoms with Crippen LogP contribution in [0.25, 0.3) is 0 Å². The first-order valence-electron chi connectivity index (χ1n) is 7.30. The van der Waals surface area contributed by atoms with Gasteiger partial charge in [-0.25, -0.2) is 0 Å². The molecule has 3 nitrogen and oxygen atoms in total. The van der Waals surface area contributed by atoms with Gasteiger partial charge in [-0.2, -0.15) is 0 Å². The van der Waals surface area contributed by atoms with Gasteiger partial charge in [-0.1, -0.05) is 31.2 Å². The van der Waals surface area contributed by atoms with Crippen molar-refractivity contribution in [3.63, 3.8) is 0 Å². The van der Waals surface area contributed by atoms with Gasteiger partial charge in [-0.3, -0.25) is 4.90 Å². The van der Waals surface area contributed by atoms with Crippen LogP contribution in [0.5, 0.6) is 0 Å². The molecule has 1 fully saturated rings. The predicted molar refractivity (Wildman–Crippen MR) is 79.2 cm³/mol. The molecule has 19 heavy (non-hydrogen) atoms. The highest BCUT2D eigenvalue weighted by Crippen LogP contribution is 2.17. The second-order valence-electron chi connectivity index (χ2n) is 5.68. The van der Waals surface area contributed by atoms with Gasteiger partial charge >= 0.3 is 0 Å². The number of nitrogens with two attached hydrogens (primary N) is 1. The minimum atomic E-state index is 0.0865. The summed E-state index contributed by atoms with van der Waals surface area (Å²) in [6, 6.07) is 8.77. The molecule has 2 rings (SSSR count). The predicted octanol–water partition coefficient (Wildman–Crippen LogP) is 2.36. The van der Waals surface area contributed by atoms with Gasteiger partial charge in [0.25, 0.3) is 0 Å². The number of aryl methyl sites for hydroxylation is 1. The molecule has 0 radical (unpaired) electrons. The monoisotopic (exact) mass is 262 g/mol. The lowest BCUT2D eigenvalue weighted by Crippen LogP contribution is -2.47. The number of hydrogen-bond acceptors (Lipinski definition) is 3. The van der Waals surface area contributed by atoms with Crippen LogP contribution in [0.15, 0.2) is 24.3 Å². The summed E-state index contributed by atoms with van der Waals surface area (Å²) in [5.41, 5.74) is 8.92. The molecular weight excluding hydrogens is 236 g/mol. The Morgan fingerprint density at radius 3 is 2.32 bits per heavy atom. The Balaban J connectivity index is 1.93. The normalized spacial score (nSPS) is 26.3. The standard InChI is InChI=1S/C16H26N2O/c1-4-14-5-7-15(8-6-14)16(17)11-18-9-12(2)19-13(3)10-18/h5-8,12-13,16H,4,9-11,17H2,1-3H3/t12-,13+,16?. The Kier molecular flexibility index (Phi) is 4.97. The number of ether oxygens (including phenoxy) is 1. The molecule has 0 saturated carbocycles. The minimum absolute atomic E-state index is 0.0865. The molecule has 3 atom stereocenters. The fourth-order valence-electron chi connectivity index (χ4n) is 2.82. The highest BCUT2D eigenvalue weighted by atomic mass is 16.5.